The Bertz CT molecular complexity index is 675. The van der Waals surface area contributed by atoms with Crippen LogP contribution in [0.25, 0.3) is 0 Å². The molecule has 0 aromatic rings. The summed E-state index contributed by atoms with van der Waals surface area (Å²) < 4.78 is 31.9. The molecule has 11 heteroatoms. The molecule has 42 heavy (non-hydrogen) atoms. The Hall–Kier alpha value is -1.03. The van der Waals surface area contributed by atoms with E-state index in [1.807, 2.05) is 0 Å². The van der Waals surface area contributed by atoms with Crippen LogP contribution in [0.3, 0.4) is 0 Å². The molecule has 3 N–H and O–H groups in total. The number of esters is 1. The summed E-state index contributed by atoms with van der Waals surface area (Å²) in [5.41, 5.74) is 0. The van der Waals surface area contributed by atoms with E-state index in [2.05, 4.69) is 16.8 Å². The molecular weight excluding hydrogens is 561 g/mol. The van der Waals surface area contributed by atoms with E-state index in [0.717, 1.165) is 45.1 Å². The van der Waals surface area contributed by atoms with Gasteiger partial charge in [-0.1, -0.05) is 116 Å². The highest BCUT2D eigenvalue weighted by molar-refractivity contribution is 7.46. The van der Waals surface area contributed by atoms with Gasteiger partial charge in [-0.25, -0.2) is 4.57 Å². The Morgan fingerprint density at radius 2 is 1.19 bits per heavy atom. The van der Waals surface area contributed by atoms with Crippen molar-refractivity contribution in [2.24, 2.45) is 0 Å². The zero-order chi connectivity index (χ0) is 31.2. The molecule has 0 aliphatic rings. The maximum absolute atomic E-state index is 12.2. The van der Waals surface area contributed by atoms with Gasteiger partial charge in [0.25, 0.3) is 0 Å². The van der Waals surface area contributed by atoms with Crippen LogP contribution in [0.15, 0.2) is 0 Å². The minimum absolute atomic E-state index is 0.0209. The predicted octanol–water partition coefficient (Wildman–Crippen LogP) is 7.35. The molecule has 0 aromatic carbocycles. The first-order valence-electron chi connectivity index (χ1n) is 16.5. The second kappa shape index (κ2) is 30.0. The third-order valence-electron chi connectivity index (χ3n) is 7.02. The summed E-state index contributed by atoms with van der Waals surface area (Å²) in [6.07, 6.45) is 22.6. The quantitative estimate of drug-likeness (QED) is 0.0304. The van der Waals surface area contributed by atoms with Crippen LogP contribution in [-0.2, 0) is 32.9 Å². The minimum Gasteiger partial charge on any atom is -0.457 e. The Labute approximate surface area is 255 Å². The number of phosphoric acid groups is 1. The number of ether oxygens (including phenoxy) is 3. The number of nitrogens with one attached hydrogen (secondary N) is 1. The van der Waals surface area contributed by atoms with Gasteiger partial charge in [0.2, 0.25) is 5.91 Å². The minimum atomic E-state index is -4.68. The molecule has 0 radical (unpaired) electrons. The van der Waals surface area contributed by atoms with Crippen LogP contribution in [0.4, 0.5) is 0 Å². The van der Waals surface area contributed by atoms with Crippen molar-refractivity contribution >= 4 is 19.7 Å². The summed E-state index contributed by atoms with van der Waals surface area (Å²) in [6.45, 7) is 4.64. The first-order chi connectivity index (χ1) is 20.2. The van der Waals surface area contributed by atoms with Crippen LogP contribution in [0.2, 0.25) is 0 Å². The van der Waals surface area contributed by atoms with Crippen molar-refractivity contribution in [3.8, 4) is 0 Å². The smallest absolute Gasteiger partial charge is 0.457 e. The summed E-state index contributed by atoms with van der Waals surface area (Å²) in [6, 6.07) is 0. The largest absolute Gasteiger partial charge is 0.469 e. The third-order valence-corrected chi connectivity index (χ3v) is 7.51. The van der Waals surface area contributed by atoms with Crippen molar-refractivity contribution in [1.82, 2.24) is 5.32 Å². The Kier molecular flexibility index (Phi) is 29.3. The van der Waals surface area contributed by atoms with E-state index in [1.165, 1.54) is 89.9 Å². The molecule has 1 atom stereocenters. The maximum Gasteiger partial charge on any atom is 0.469 e. The highest BCUT2D eigenvalue weighted by Gasteiger charge is 2.21. The van der Waals surface area contributed by atoms with Gasteiger partial charge in [-0.15, -0.1) is 0 Å². The predicted molar refractivity (Wildman–Crippen MR) is 166 cm³/mol. The number of phosphoric ester groups is 1. The molecule has 0 saturated heterocycles. The SMILES string of the molecule is CCCCCCCCCCCC(=O)O[C@H](COCOCCCCCCCCCCCCCNC(C)=O)COP(=O)(O)O. The molecule has 0 aromatic heterocycles. The monoisotopic (exact) mass is 623 g/mol. The fourth-order valence-corrected chi connectivity index (χ4v) is 4.96. The second-order valence-corrected chi connectivity index (χ2v) is 12.5. The molecule has 0 aliphatic heterocycles. The van der Waals surface area contributed by atoms with Crippen LogP contribution in [0.5, 0.6) is 0 Å². The molecule has 0 saturated carbocycles. The maximum atomic E-state index is 12.2. The molecule has 1 amide bonds. The van der Waals surface area contributed by atoms with Gasteiger partial charge in [0, 0.05) is 26.5 Å². The van der Waals surface area contributed by atoms with Crippen molar-refractivity contribution in [3.05, 3.63) is 0 Å². The number of unbranched alkanes of at least 4 members (excludes halogenated alkanes) is 18. The lowest BCUT2D eigenvalue weighted by atomic mass is 10.1. The molecule has 0 spiro atoms. The van der Waals surface area contributed by atoms with Gasteiger partial charge in [-0.05, 0) is 19.3 Å². The Morgan fingerprint density at radius 1 is 0.690 bits per heavy atom. The number of hydrogen-bond donors (Lipinski definition) is 3. The van der Waals surface area contributed by atoms with Crippen molar-refractivity contribution in [1.29, 1.82) is 0 Å². The Morgan fingerprint density at radius 3 is 1.71 bits per heavy atom. The summed E-state index contributed by atoms with van der Waals surface area (Å²) >= 11 is 0. The molecule has 0 bridgehead atoms. The van der Waals surface area contributed by atoms with E-state index in [1.54, 1.807) is 6.92 Å². The molecule has 0 fully saturated rings. The summed E-state index contributed by atoms with van der Waals surface area (Å²) in [5.74, 6) is -0.369. The average Bonchev–Trinajstić information content (AvgIpc) is 2.93. The van der Waals surface area contributed by atoms with Gasteiger partial charge in [-0.3, -0.25) is 14.1 Å². The van der Waals surface area contributed by atoms with E-state index in [0.29, 0.717) is 6.61 Å². The molecule has 0 rings (SSSR count). The zero-order valence-electron chi connectivity index (χ0n) is 26.7. The number of rotatable bonds is 32. The van der Waals surface area contributed by atoms with Gasteiger partial charge in [-0.2, -0.15) is 0 Å². The first-order valence-corrected chi connectivity index (χ1v) is 18.1. The van der Waals surface area contributed by atoms with Crippen LogP contribution < -0.4 is 5.32 Å². The van der Waals surface area contributed by atoms with Crippen LogP contribution in [0.1, 0.15) is 149 Å². The standard InChI is InChI=1S/C31H62NO9P/c1-3-4-5-6-7-11-14-17-20-23-31(34)41-30(27-40-42(35,36)37)26-39-28-38-25-22-19-16-13-10-8-9-12-15-18-21-24-32-29(2)33/h30H,3-28H2,1-2H3,(H,32,33)(H2,35,36,37)/t30-/m1/s1. The fraction of sp³-hybridized carbons (Fsp3) is 0.935. The number of carbonyl (C=O) groups excluding carboxylic acids is 2. The van der Waals surface area contributed by atoms with Crippen LogP contribution in [0, 0.1) is 0 Å². The van der Waals surface area contributed by atoms with E-state index in [9.17, 15) is 14.2 Å². The van der Waals surface area contributed by atoms with E-state index in [-0.39, 0.29) is 25.7 Å². The second-order valence-electron chi connectivity index (χ2n) is 11.2. The van der Waals surface area contributed by atoms with Crippen molar-refractivity contribution in [3.63, 3.8) is 0 Å². The van der Waals surface area contributed by atoms with Crippen LogP contribution >= 0.6 is 7.82 Å². The summed E-state index contributed by atoms with van der Waals surface area (Å²) in [4.78, 5) is 41.0. The summed E-state index contributed by atoms with van der Waals surface area (Å²) in [5, 5.41) is 2.83. The lowest BCUT2D eigenvalue weighted by Gasteiger charge is -2.18. The summed E-state index contributed by atoms with van der Waals surface area (Å²) in [7, 11) is -4.68. The topological polar surface area (TPSA) is 141 Å². The molecular formula is C31H62NO9P. The average molecular weight is 624 g/mol. The lowest BCUT2D eigenvalue weighted by Crippen LogP contribution is -2.28. The van der Waals surface area contributed by atoms with E-state index in [4.69, 9.17) is 24.0 Å². The van der Waals surface area contributed by atoms with E-state index < -0.39 is 26.5 Å². The van der Waals surface area contributed by atoms with Gasteiger partial charge in [0.1, 0.15) is 12.9 Å². The highest BCUT2D eigenvalue weighted by atomic mass is 31.2. The molecule has 10 nitrogen and oxygen atoms in total. The van der Waals surface area contributed by atoms with Crippen molar-refractivity contribution in [2.75, 3.05) is 33.2 Å². The fourth-order valence-electron chi connectivity index (χ4n) is 4.60. The van der Waals surface area contributed by atoms with Crippen LogP contribution in [-0.4, -0.2) is 60.9 Å². The van der Waals surface area contributed by atoms with Crippen molar-refractivity contribution < 1.29 is 42.7 Å². The zero-order valence-corrected chi connectivity index (χ0v) is 27.6. The molecule has 250 valence electrons. The van der Waals surface area contributed by atoms with Gasteiger partial charge < -0.3 is 29.3 Å². The van der Waals surface area contributed by atoms with Gasteiger partial charge in [0.15, 0.2) is 0 Å². The molecule has 0 aliphatic carbocycles. The number of carbonyl (C=O) groups is 2. The van der Waals surface area contributed by atoms with Gasteiger partial charge in [0.05, 0.1) is 13.2 Å². The normalized spacial score (nSPS) is 12.4. The van der Waals surface area contributed by atoms with E-state index >= 15 is 0 Å². The number of hydrogen-bond acceptors (Lipinski definition) is 7. The molecule has 0 heterocycles. The highest BCUT2D eigenvalue weighted by Crippen LogP contribution is 2.35. The van der Waals surface area contributed by atoms with Crippen molar-refractivity contribution in [2.45, 2.75) is 155 Å². The van der Waals surface area contributed by atoms with Gasteiger partial charge >= 0.3 is 13.8 Å². The Balaban J connectivity index is 3.76. The lowest BCUT2D eigenvalue weighted by molar-refractivity contribution is -0.158. The first kappa shape index (κ1) is 41.0. The molecule has 0 unspecified atom stereocenters. The third kappa shape index (κ3) is 33.5. The number of amides is 1.